The fourth-order valence-electron chi connectivity index (χ4n) is 4.01. The fourth-order valence-corrected chi connectivity index (χ4v) is 5.83. The number of aromatic amines is 2. The van der Waals surface area contributed by atoms with Gasteiger partial charge in [0.05, 0.1) is 18.1 Å². The van der Waals surface area contributed by atoms with Crippen molar-refractivity contribution in [2.45, 2.75) is 57.4 Å². The Kier molecular flexibility index (Phi) is 6.88. The first-order valence-corrected chi connectivity index (χ1v) is 13.1. The highest BCUT2D eigenvalue weighted by Crippen LogP contribution is 2.44. The van der Waals surface area contributed by atoms with E-state index in [-0.39, 0.29) is 23.2 Å². The van der Waals surface area contributed by atoms with Crippen LogP contribution in [0, 0.1) is 17.7 Å². The number of nitrogens with one attached hydrogen (secondary N) is 2. The summed E-state index contributed by atoms with van der Waals surface area (Å²) in [5.41, 5.74) is -0.209. The van der Waals surface area contributed by atoms with E-state index in [9.17, 15) is 22.4 Å². The van der Waals surface area contributed by atoms with Gasteiger partial charge in [-0.05, 0) is 68.1 Å². The van der Waals surface area contributed by atoms with Gasteiger partial charge in [0, 0.05) is 12.5 Å². The number of halogens is 1. The molecular weight excluding hydrogens is 437 g/mol. The summed E-state index contributed by atoms with van der Waals surface area (Å²) in [6, 6.07) is 4.76. The molecule has 0 amide bonds. The first-order chi connectivity index (χ1) is 15.3. The van der Waals surface area contributed by atoms with Crippen LogP contribution in [0.3, 0.4) is 0 Å². The number of hydrogen-bond acceptors (Lipinski definition) is 5. The van der Waals surface area contributed by atoms with E-state index in [0.29, 0.717) is 44.2 Å². The predicted octanol–water partition coefficient (Wildman–Crippen LogP) is 2.57. The van der Waals surface area contributed by atoms with Gasteiger partial charge in [-0.1, -0.05) is 12.5 Å². The Labute approximate surface area is 186 Å². The summed E-state index contributed by atoms with van der Waals surface area (Å²) in [4.78, 5) is 24.7. The third-order valence-corrected chi connectivity index (χ3v) is 8.00. The molecule has 1 aromatic heterocycles. The average Bonchev–Trinajstić information content (AvgIpc) is 3.65. The van der Waals surface area contributed by atoms with Gasteiger partial charge < -0.3 is 4.74 Å². The second kappa shape index (κ2) is 9.64. The third kappa shape index (κ3) is 6.34. The van der Waals surface area contributed by atoms with Gasteiger partial charge in [-0.15, -0.1) is 0 Å². The van der Waals surface area contributed by atoms with Gasteiger partial charge in [0.2, 0.25) is 0 Å². The highest BCUT2D eigenvalue weighted by Gasteiger charge is 2.35. The SMILES string of the molecule is O=c1[nH]c(=O)n(CCCCCS(=O)(=O)C[C@@H](c2ccc(F)c(OCC3CC3)c2)C2CC2)[nH]1. The molecule has 2 fully saturated rings. The van der Waals surface area contributed by atoms with Crippen molar-refractivity contribution >= 4 is 9.84 Å². The quantitative estimate of drug-likeness (QED) is 0.440. The third-order valence-electron chi connectivity index (χ3n) is 6.22. The number of sulfone groups is 1. The van der Waals surface area contributed by atoms with E-state index >= 15 is 0 Å². The van der Waals surface area contributed by atoms with E-state index in [4.69, 9.17) is 4.74 Å². The Balaban J connectivity index is 1.31. The molecule has 8 nitrogen and oxygen atoms in total. The smallest absolute Gasteiger partial charge is 0.344 e. The number of aromatic nitrogens is 3. The molecule has 2 saturated carbocycles. The van der Waals surface area contributed by atoms with Crippen LogP contribution in [0.1, 0.15) is 56.4 Å². The summed E-state index contributed by atoms with van der Waals surface area (Å²) >= 11 is 0. The van der Waals surface area contributed by atoms with Crippen molar-refractivity contribution in [1.82, 2.24) is 14.8 Å². The molecule has 0 saturated heterocycles. The molecule has 2 aliphatic rings. The first-order valence-electron chi connectivity index (χ1n) is 11.3. The van der Waals surface area contributed by atoms with Crippen molar-refractivity contribution in [3.63, 3.8) is 0 Å². The van der Waals surface area contributed by atoms with Crippen LogP contribution < -0.4 is 16.1 Å². The number of rotatable bonds is 13. The van der Waals surface area contributed by atoms with E-state index in [1.54, 1.807) is 12.1 Å². The minimum absolute atomic E-state index is 0.0515. The lowest BCUT2D eigenvalue weighted by atomic mass is 9.96. The molecular formula is C22H30FN3O5S. The molecule has 4 rings (SSSR count). The molecule has 0 radical (unpaired) electrons. The molecule has 176 valence electrons. The Morgan fingerprint density at radius 3 is 2.56 bits per heavy atom. The summed E-state index contributed by atoms with van der Waals surface area (Å²) in [6.07, 6.45) is 5.91. The molecule has 1 atom stereocenters. The number of hydrogen-bond donors (Lipinski definition) is 2. The van der Waals surface area contributed by atoms with Crippen LogP contribution in [0.25, 0.3) is 0 Å². The van der Waals surface area contributed by atoms with Crippen molar-refractivity contribution in [3.05, 3.63) is 50.5 Å². The number of ether oxygens (including phenoxy) is 1. The molecule has 0 aliphatic heterocycles. The second-order valence-corrected chi connectivity index (χ2v) is 11.3. The van der Waals surface area contributed by atoms with Crippen molar-refractivity contribution < 1.29 is 17.5 Å². The summed E-state index contributed by atoms with van der Waals surface area (Å²) in [6.45, 7) is 0.844. The standard InChI is InChI=1S/C22H30FN3O5S/c23-19-9-8-17(12-20(19)31-13-15-4-5-15)18(16-6-7-16)14-32(29,30)11-3-1-2-10-26-22(28)24-21(27)25-26/h8-9,12,15-16,18H,1-7,10-11,13-14H2,(H2,24,25,27,28)/t18-/m1/s1. The van der Waals surface area contributed by atoms with E-state index < -0.39 is 27.0 Å². The number of H-pyrrole nitrogens is 2. The van der Waals surface area contributed by atoms with Gasteiger partial charge in [-0.25, -0.2) is 32.2 Å². The molecule has 0 spiro atoms. The highest BCUT2D eigenvalue weighted by atomic mass is 32.2. The van der Waals surface area contributed by atoms with E-state index in [0.717, 1.165) is 31.2 Å². The minimum Gasteiger partial charge on any atom is -0.490 e. The van der Waals surface area contributed by atoms with Gasteiger partial charge in [0.25, 0.3) is 0 Å². The molecule has 2 aliphatic carbocycles. The maximum Gasteiger partial charge on any atom is 0.344 e. The van der Waals surface area contributed by atoms with Crippen molar-refractivity contribution in [1.29, 1.82) is 0 Å². The van der Waals surface area contributed by atoms with Gasteiger partial charge in [0.15, 0.2) is 21.4 Å². The average molecular weight is 468 g/mol. The summed E-state index contributed by atoms with van der Waals surface area (Å²) in [5, 5.41) is 2.38. The molecule has 2 N–H and O–H groups in total. The number of benzene rings is 1. The zero-order valence-electron chi connectivity index (χ0n) is 18.0. The van der Waals surface area contributed by atoms with Crippen LogP contribution in [0.15, 0.2) is 27.8 Å². The fraction of sp³-hybridized carbons (Fsp3) is 0.636. The summed E-state index contributed by atoms with van der Waals surface area (Å²) in [5.74, 6) is 0.604. The normalized spacial score (nSPS) is 17.4. The van der Waals surface area contributed by atoms with Gasteiger partial charge in [-0.2, -0.15) is 0 Å². The topological polar surface area (TPSA) is 114 Å². The zero-order valence-corrected chi connectivity index (χ0v) is 18.8. The zero-order chi connectivity index (χ0) is 22.7. The van der Waals surface area contributed by atoms with Crippen LogP contribution in [-0.4, -0.2) is 41.3 Å². The predicted molar refractivity (Wildman–Crippen MR) is 118 cm³/mol. The molecule has 1 aromatic carbocycles. The molecule has 0 unspecified atom stereocenters. The summed E-state index contributed by atoms with van der Waals surface area (Å²) < 4.78 is 46.6. The van der Waals surface area contributed by atoms with Crippen LogP contribution in [-0.2, 0) is 16.4 Å². The Bertz CT molecular complexity index is 1140. The molecule has 32 heavy (non-hydrogen) atoms. The van der Waals surface area contributed by atoms with E-state index in [1.807, 2.05) is 0 Å². The minimum atomic E-state index is -3.29. The Hall–Kier alpha value is -2.36. The van der Waals surface area contributed by atoms with Gasteiger partial charge in [0.1, 0.15) is 0 Å². The Morgan fingerprint density at radius 2 is 1.91 bits per heavy atom. The van der Waals surface area contributed by atoms with E-state index in [2.05, 4.69) is 10.1 Å². The largest absolute Gasteiger partial charge is 0.490 e. The highest BCUT2D eigenvalue weighted by molar-refractivity contribution is 7.91. The van der Waals surface area contributed by atoms with Gasteiger partial charge >= 0.3 is 11.4 Å². The number of nitrogens with zero attached hydrogens (tertiary/aromatic N) is 1. The van der Waals surface area contributed by atoms with Crippen molar-refractivity contribution in [2.24, 2.45) is 11.8 Å². The van der Waals surface area contributed by atoms with Crippen LogP contribution in [0.2, 0.25) is 0 Å². The van der Waals surface area contributed by atoms with Gasteiger partial charge in [-0.3, -0.25) is 4.98 Å². The molecule has 0 bridgehead atoms. The first kappa shape index (κ1) is 22.8. The molecule has 2 aromatic rings. The lowest BCUT2D eigenvalue weighted by Crippen LogP contribution is -2.20. The maximum atomic E-state index is 14.2. The van der Waals surface area contributed by atoms with Crippen LogP contribution in [0.4, 0.5) is 4.39 Å². The Morgan fingerprint density at radius 1 is 1.12 bits per heavy atom. The lowest BCUT2D eigenvalue weighted by molar-refractivity contribution is 0.285. The summed E-state index contributed by atoms with van der Waals surface area (Å²) in [7, 11) is -3.29. The van der Waals surface area contributed by atoms with Crippen LogP contribution in [0.5, 0.6) is 5.75 Å². The molecule has 10 heteroatoms. The maximum absolute atomic E-state index is 14.2. The van der Waals surface area contributed by atoms with Crippen molar-refractivity contribution in [3.8, 4) is 5.75 Å². The number of unbranched alkanes of at least 4 members (excludes halogenated alkanes) is 2. The van der Waals surface area contributed by atoms with Crippen LogP contribution >= 0.6 is 0 Å². The monoisotopic (exact) mass is 467 g/mol. The molecule has 1 heterocycles. The van der Waals surface area contributed by atoms with Crippen molar-refractivity contribution in [2.75, 3.05) is 18.1 Å². The number of aryl methyl sites for hydroxylation is 1. The lowest BCUT2D eigenvalue weighted by Gasteiger charge is -2.18. The second-order valence-electron chi connectivity index (χ2n) is 9.09. The van der Waals surface area contributed by atoms with E-state index in [1.165, 1.54) is 10.7 Å².